The van der Waals surface area contributed by atoms with Crippen LogP contribution >= 0.6 is 11.3 Å². The molecule has 2 N–H and O–H groups in total. The van der Waals surface area contributed by atoms with Crippen molar-refractivity contribution < 1.29 is 42.9 Å². The third-order valence-corrected chi connectivity index (χ3v) is 7.61. The van der Waals surface area contributed by atoms with Gasteiger partial charge in [0.25, 0.3) is 0 Å². The lowest BCUT2D eigenvalue weighted by atomic mass is 9.90. The van der Waals surface area contributed by atoms with Crippen molar-refractivity contribution in [3.63, 3.8) is 0 Å². The highest BCUT2D eigenvalue weighted by molar-refractivity contribution is 7.23. The van der Waals surface area contributed by atoms with Gasteiger partial charge in [-0.3, -0.25) is 14.6 Å². The Kier molecular flexibility index (Phi) is 6.08. The minimum absolute atomic E-state index is 0.152. The first-order chi connectivity index (χ1) is 24.0. The van der Waals surface area contributed by atoms with Gasteiger partial charge in [-0.15, -0.1) is 0 Å². The standard InChI is InChI=1S/C29H29F3N6O4S/c30-16-29(17-31,18-32)25-14-26(36-42-25)35-27(39)33-20-3-1-19(2-4-20)22-15-38-23-6-5-21(13-24(23)43-28(38)34-22)41-12-9-37-7-10-40-11-8-37/h1-6,13-15H,7-12,16-18H2,(H2,33,35,36,39)/i7D2,8D2,10D2,11D2. The van der Waals surface area contributed by atoms with Crippen molar-refractivity contribution in [2.45, 2.75) is 5.41 Å². The van der Waals surface area contributed by atoms with Crippen LogP contribution in [-0.2, 0) is 10.2 Å². The maximum atomic E-state index is 13.3. The minimum atomic E-state index is -3.13. The van der Waals surface area contributed by atoms with Crippen molar-refractivity contribution in [2.75, 3.05) is 69.9 Å². The van der Waals surface area contributed by atoms with E-state index in [0.717, 1.165) is 21.8 Å². The number of aromatic nitrogens is 3. The molecule has 4 heterocycles. The monoisotopic (exact) mass is 622 g/mol. The number of hydrogen-bond donors (Lipinski definition) is 2. The van der Waals surface area contributed by atoms with E-state index in [1.54, 1.807) is 42.5 Å². The number of urea groups is 1. The number of anilines is 2. The van der Waals surface area contributed by atoms with Crippen LogP contribution in [0.4, 0.5) is 29.5 Å². The van der Waals surface area contributed by atoms with Gasteiger partial charge in [0.15, 0.2) is 16.5 Å². The molecule has 3 aromatic heterocycles. The lowest BCUT2D eigenvalue weighted by molar-refractivity contribution is 0.0322. The van der Waals surface area contributed by atoms with Crippen LogP contribution in [0.3, 0.4) is 0 Å². The van der Waals surface area contributed by atoms with Crippen molar-refractivity contribution in [3.8, 4) is 17.0 Å². The summed E-state index contributed by atoms with van der Waals surface area (Å²) in [6, 6.07) is 12.2. The van der Waals surface area contributed by atoms with Gasteiger partial charge in [0, 0.05) is 48.5 Å². The molecule has 5 aromatic rings. The fraction of sp³-hybridized carbons (Fsp3) is 0.345. The second-order valence-corrected chi connectivity index (χ2v) is 10.5. The molecule has 14 heteroatoms. The number of imidazole rings is 1. The van der Waals surface area contributed by atoms with Crippen LogP contribution < -0.4 is 15.4 Å². The zero-order valence-corrected chi connectivity index (χ0v) is 23.0. The average Bonchev–Trinajstić information content (AvgIpc) is 3.78. The van der Waals surface area contributed by atoms with E-state index in [0.29, 0.717) is 27.0 Å². The van der Waals surface area contributed by atoms with Crippen LogP contribution in [-0.4, -0.2) is 84.8 Å². The molecule has 10 nitrogen and oxygen atoms in total. The van der Waals surface area contributed by atoms with Crippen molar-refractivity contribution in [1.82, 2.24) is 19.4 Å². The number of carbonyl (C=O) groups excluding carboxylic acids is 1. The molecule has 1 fully saturated rings. The molecule has 1 aliphatic heterocycles. The van der Waals surface area contributed by atoms with Crippen LogP contribution in [0.5, 0.6) is 5.75 Å². The summed E-state index contributed by atoms with van der Waals surface area (Å²) < 4.78 is 121. The van der Waals surface area contributed by atoms with E-state index in [9.17, 15) is 18.0 Å². The number of hydrogen-bond acceptors (Lipinski definition) is 8. The number of benzene rings is 2. The van der Waals surface area contributed by atoms with E-state index in [1.807, 2.05) is 10.6 Å². The maximum Gasteiger partial charge on any atom is 0.324 e. The second kappa shape index (κ2) is 12.6. The summed E-state index contributed by atoms with van der Waals surface area (Å²) in [5, 5.41) is 8.49. The van der Waals surface area contributed by atoms with Gasteiger partial charge in [0.2, 0.25) is 0 Å². The molecule has 0 radical (unpaired) electrons. The molecular formula is C29H29F3N6O4S. The number of thiazole rings is 1. The van der Waals surface area contributed by atoms with Crippen molar-refractivity contribution >= 4 is 44.1 Å². The van der Waals surface area contributed by atoms with E-state index in [-0.39, 0.29) is 18.2 Å². The summed E-state index contributed by atoms with van der Waals surface area (Å²) in [5.74, 6) is -0.146. The smallest absolute Gasteiger partial charge is 0.324 e. The normalized spacial score (nSPS) is 21.8. The summed E-state index contributed by atoms with van der Waals surface area (Å²) in [4.78, 5) is 18.2. The lowest BCUT2D eigenvalue weighted by Crippen LogP contribution is -2.38. The van der Waals surface area contributed by atoms with Gasteiger partial charge in [-0.25, -0.2) is 22.9 Å². The number of halogens is 3. The van der Waals surface area contributed by atoms with Gasteiger partial charge in [-0.05, 0) is 30.3 Å². The van der Waals surface area contributed by atoms with E-state index in [1.165, 1.54) is 11.3 Å². The second-order valence-electron chi connectivity index (χ2n) is 9.45. The van der Waals surface area contributed by atoms with Crippen molar-refractivity contribution in [2.24, 2.45) is 0 Å². The molecule has 0 aliphatic carbocycles. The Balaban J connectivity index is 1.09. The predicted octanol–water partition coefficient (Wildman–Crippen LogP) is 5.71. The third-order valence-electron chi connectivity index (χ3n) is 6.59. The van der Waals surface area contributed by atoms with Crippen molar-refractivity contribution in [3.05, 3.63) is 60.5 Å². The zero-order valence-electron chi connectivity index (χ0n) is 30.2. The Labute approximate surface area is 259 Å². The maximum absolute atomic E-state index is 13.3. The third kappa shape index (κ3) is 6.17. The van der Waals surface area contributed by atoms with Gasteiger partial charge in [-0.2, -0.15) is 0 Å². The molecule has 0 bridgehead atoms. The van der Waals surface area contributed by atoms with Gasteiger partial charge in [0.05, 0.1) is 34.5 Å². The van der Waals surface area contributed by atoms with Crippen LogP contribution in [0.15, 0.2) is 59.3 Å². The molecular weight excluding hydrogens is 585 g/mol. The van der Waals surface area contributed by atoms with E-state index < -0.39 is 64.1 Å². The fourth-order valence-electron chi connectivity index (χ4n) is 4.18. The SMILES string of the molecule is [2H]C1([2H])OC([2H])([2H])C([2H])([2H])N(CCOc2ccc3c(c2)sc2nc(-c4ccc(NC(=O)Nc5cc(C(CF)(CF)CF)on5)cc4)cn23)C1([2H])[2H]. The highest BCUT2D eigenvalue weighted by Gasteiger charge is 2.38. The Morgan fingerprint density at radius 1 is 1.07 bits per heavy atom. The van der Waals surface area contributed by atoms with E-state index >= 15 is 0 Å². The number of morpholine rings is 1. The minimum Gasteiger partial charge on any atom is -0.492 e. The number of nitrogens with zero attached hydrogens (tertiary/aromatic N) is 4. The molecule has 0 spiro atoms. The van der Waals surface area contributed by atoms with Gasteiger partial charge < -0.3 is 19.3 Å². The number of alkyl halides is 3. The Bertz CT molecular complexity index is 2020. The molecule has 0 saturated carbocycles. The molecule has 2 aromatic carbocycles. The van der Waals surface area contributed by atoms with Gasteiger partial charge in [0.1, 0.15) is 37.8 Å². The molecule has 0 unspecified atom stereocenters. The van der Waals surface area contributed by atoms with Crippen molar-refractivity contribution in [1.29, 1.82) is 0 Å². The van der Waals surface area contributed by atoms with Crippen LogP contribution in [0.1, 0.15) is 16.7 Å². The number of rotatable bonds is 11. The number of nitrogens with one attached hydrogen (secondary N) is 2. The molecule has 43 heavy (non-hydrogen) atoms. The molecule has 226 valence electrons. The quantitative estimate of drug-likeness (QED) is 0.195. The highest BCUT2D eigenvalue weighted by Crippen LogP contribution is 2.32. The van der Waals surface area contributed by atoms with Crippen LogP contribution in [0.25, 0.3) is 26.4 Å². The summed E-state index contributed by atoms with van der Waals surface area (Å²) in [6.07, 6.45) is 1.82. The Hall–Kier alpha value is -4.14. The first-order valence-corrected chi connectivity index (χ1v) is 13.6. The number of carbonyl (C=O) groups is 1. The summed E-state index contributed by atoms with van der Waals surface area (Å²) in [7, 11) is 0. The van der Waals surface area contributed by atoms with Gasteiger partial charge in [-0.1, -0.05) is 28.6 Å². The summed E-state index contributed by atoms with van der Waals surface area (Å²) >= 11 is 1.36. The molecule has 2 amide bonds. The topological polar surface area (TPSA) is 106 Å². The average molecular weight is 623 g/mol. The fourth-order valence-corrected chi connectivity index (χ4v) is 5.21. The Morgan fingerprint density at radius 2 is 1.84 bits per heavy atom. The molecule has 1 aliphatic rings. The predicted molar refractivity (Wildman–Crippen MR) is 158 cm³/mol. The van der Waals surface area contributed by atoms with Gasteiger partial charge >= 0.3 is 6.03 Å². The molecule has 0 atom stereocenters. The molecule has 6 rings (SSSR count). The molecule has 1 saturated heterocycles. The largest absolute Gasteiger partial charge is 0.492 e. The first-order valence-electron chi connectivity index (χ1n) is 16.8. The zero-order chi connectivity index (χ0) is 37.0. The van der Waals surface area contributed by atoms with E-state index in [2.05, 4.69) is 20.5 Å². The summed E-state index contributed by atoms with van der Waals surface area (Å²) in [6.45, 7) is -17.0. The Morgan fingerprint density at radius 3 is 2.58 bits per heavy atom. The number of fused-ring (bicyclic) bond motifs is 3. The first kappa shape index (κ1) is 20.7. The lowest BCUT2D eigenvalue weighted by Gasteiger charge is -2.26. The number of ether oxygens (including phenoxy) is 2. The summed E-state index contributed by atoms with van der Waals surface area (Å²) in [5.41, 5.74) is 0.475. The highest BCUT2D eigenvalue weighted by atomic mass is 32.1. The van der Waals surface area contributed by atoms with Crippen LogP contribution in [0.2, 0.25) is 0 Å². The number of amides is 2. The van der Waals surface area contributed by atoms with E-state index in [4.69, 9.17) is 25.2 Å². The van der Waals surface area contributed by atoms with Crippen LogP contribution in [0, 0.1) is 0 Å².